The smallest absolute Gasteiger partial charge is 0.0819 e. The molecule has 16 heavy (non-hydrogen) atoms. The molecule has 0 saturated carbocycles. The zero-order valence-corrected chi connectivity index (χ0v) is 10.4. The number of methoxy groups -OCH3 is 1. The second-order valence-corrected chi connectivity index (χ2v) is 4.34. The van der Waals surface area contributed by atoms with Crippen LogP contribution in [0.5, 0.6) is 0 Å². The third kappa shape index (κ3) is 3.32. The number of ether oxygens (including phenoxy) is 1. The van der Waals surface area contributed by atoms with Crippen molar-refractivity contribution in [2.45, 2.75) is 39.4 Å². The van der Waals surface area contributed by atoms with Gasteiger partial charge in [0.05, 0.1) is 12.7 Å². The van der Waals surface area contributed by atoms with Crippen LogP contribution in [0.1, 0.15) is 43.9 Å². The van der Waals surface area contributed by atoms with Gasteiger partial charge in [-0.05, 0) is 23.5 Å². The molecule has 0 aliphatic rings. The van der Waals surface area contributed by atoms with Crippen LogP contribution in [-0.2, 0) is 11.3 Å². The molecule has 0 heterocycles. The van der Waals surface area contributed by atoms with Gasteiger partial charge in [-0.1, -0.05) is 44.5 Å². The lowest BCUT2D eigenvalue weighted by molar-refractivity contribution is 0.107. The van der Waals surface area contributed by atoms with Crippen LogP contribution >= 0.6 is 0 Å². The first kappa shape index (κ1) is 13.2. The molecule has 2 unspecified atom stereocenters. The standard InChI is InChI=1S/C14H22O2/c1-4-7-11(2)14(15)13-9-6-5-8-12(13)10-16-3/h5-6,8-9,11,14-15H,4,7,10H2,1-3H3. The first-order chi connectivity index (χ1) is 7.70. The van der Waals surface area contributed by atoms with Gasteiger partial charge in [-0.15, -0.1) is 0 Å². The molecule has 0 amide bonds. The Morgan fingerprint density at radius 3 is 2.62 bits per heavy atom. The summed E-state index contributed by atoms with van der Waals surface area (Å²) < 4.78 is 5.15. The molecule has 0 aliphatic carbocycles. The molecule has 1 rings (SSSR count). The van der Waals surface area contributed by atoms with E-state index in [1.807, 2.05) is 24.3 Å². The van der Waals surface area contributed by atoms with Gasteiger partial charge in [-0.3, -0.25) is 0 Å². The van der Waals surface area contributed by atoms with E-state index in [1.54, 1.807) is 7.11 Å². The summed E-state index contributed by atoms with van der Waals surface area (Å²) in [5.41, 5.74) is 2.09. The number of benzene rings is 1. The Kier molecular flexibility index (Phi) is 5.50. The molecular weight excluding hydrogens is 200 g/mol. The highest BCUT2D eigenvalue weighted by Gasteiger charge is 2.18. The SMILES string of the molecule is CCCC(C)C(O)c1ccccc1COC. The Morgan fingerprint density at radius 1 is 1.31 bits per heavy atom. The van der Waals surface area contributed by atoms with E-state index in [2.05, 4.69) is 13.8 Å². The fraction of sp³-hybridized carbons (Fsp3) is 0.571. The predicted octanol–water partition coefficient (Wildman–Crippen LogP) is 3.30. The highest BCUT2D eigenvalue weighted by atomic mass is 16.5. The topological polar surface area (TPSA) is 29.5 Å². The molecular formula is C14H22O2. The molecule has 0 bridgehead atoms. The van der Waals surface area contributed by atoms with Crippen molar-refractivity contribution in [1.29, 1.82) is 0 Å². The van der Waals surface area contributed by atoms with Crippen molar-refractivity contribution >= 4 is 0 Å². The van der Waals surface area contributed by atoms with Gasteiger partial charge in [0, 0.05) is 7.11 Å². The maximum Gasteiger partial charge on any atom is 0.0819 e. The van der Waals surface area contributed by atoms with Crippen LogP contribution < -0.4 is 0 Å². The Balaban J connectivity index is 2.84. The maximum absolute atomic E-state index is 10.3. The molecule has 0 aliphatic heterocycles. The van der Waals surface area contributed by atoms with E-state index in [0.29, 0.717) is 12.5 Å². The van der Waals surface area contributed by atoms with Crippen LogP contribution in [0.4, 0.5) is 0 Å². The van der Waals surface area contributed by atoms with Gasteiger partial charge in [0.2, 0.25) is 0 Å². The quantitative estimate of drug-likeness (QED) is 0.800. The second kappa shape index (κ2) is 6.66. The average Bonchev–Trinajstić information content (AvgIpc) is 2.29. The van der Waals surface area contributed by atoms with Gasteiger partial charge in [0.15, 0.2) is 0 Å². The fourth-order valence-corrected chi connectivity index (χ4v) is 2.03. The molecule has 0 aromatic heterocycles. The molecule has 1 N–H and O–H groups in total. The minimum absolute atomic E-state index is 0.294. The predicted molar refractivity (Wildman–Crippen MR) is 66.2 cm³/mol. The Bertz CT molecular complexity index is 309. The van der Waals surface area contributed by atoms with Gasteiger partial charge < -0.3 is 9.84 Å². The molecule has 90 valence electrons. The molecule has 0 radical (unpaired) electrons. The Labute approximate surface area is 98.3 Å². The highest BCUT2D eigenvalue weighted by molar-refractivity contribution is 5.28. The summed E-state index contributed by atoms with van der Waals surface area (Å²) in [7, 11) is 1.68. The first-order valence-electron chi connectivity index (χ1n) is 5.95. The molecule has 0 spiro atoms. The number of hydrogen-bond donors (Lipinski definition) is 1. The molecule has 0 saturated heterocycles. The monoisotopic (exact) mass is 222 g/mol. The highest BCUT2D eigenvalue weighted by Crippen LogP contribution is 2.28. The van der Waals surface area contributed by atoms with Crippen molar-refractivity contribution in [2.24, 2.45) is 5.92 Å². The van der Waals surface area contributed by atoms with E-state index in [4.69, 9.17) is 4.74 Å². The van der Waals surface area contributed by atoms with Crippen LogP contribution in [0.15, 0.2) is 24.3 Å². The summed E-state index contributed by atoms with van der Waals surface area (Å²) in [4.78, 5) is 0. The van der Waals surface area contributed by atoms with Crippen LogP contribution in [0.3, 0.4) is 0 Å². The van der Waals surface area contributed by atoms with E-state index in [-0.39, 0.29) is 6.10 Å². The molecule has 2 atom stereocenters. The van der Waals surface area contributed by atoms with E-state index in [1.165, 1.54) is 0 Å². The minimum Gasteiger partial charge on any atom is -0.388 e. The van der Waals surface area contributed by atoms with Crippen molar-refractivity contribution in [3.63, 3.8) is 0 Å². The van der Waals surface area contributed by atoms with Crippen molar-refractivity contribution in [3.8, 4) is 0 Å². The lowest BCUT2D eigenvalue weighted by atomic mass is 9.91. The third-order valence-electron chi connectivity index (χ3n) is 2.96. The van der Waals surface area contributed by atoms with Crippen LogP contribution in [-0.4, -0.2) is 12.2 Å². The van der Waals surface area contributed by atoms with Gasteiger partial charge in [0.1, 0.15) is 0 Å². The molecule has 2 heteroatoms. The van der Waals surface area contributed by atoms with Gasteiger partial charge in [-0.2, -0.15) is 0 Å². The second-order valence-electron chi connectivity index (χ2n) is 4.34. The zero-order valence-electron chi connectivity index (χ0n) is 10.4. The molecule has 1 aromatic carbocycles. The van der Waals surface area contributed by atoms with Crippen molar-refractivity contribution in [2.75, 3.05) is 7.11 Å². The summed E-state index contributed by atoms with van der Waals surface area (Å²) in [6, 6.07) is 7.96. The van der Waals surface area contributed by atoms with Gasteiger partial charge in [-0.25, -0.2) is 0 Å². The van der Waals surface area contributed by atoms with E-state index >= 15 is 0 Å². The Hall–Kier alpha value is -0.860. The van der Waals surface area contributed by atoms with E-state index in [0.717, 1.165) is 24.0 Å². The largest absolute Gasteiger partial charge is 0.388 e. The third-order valence-corrected chi connectivity index (χ3v) is 2.96. The van der Waals surface area contributed by atoms with Gasteiger partial charge in [0.25, 0.3) is 0 Å². The lowest BCUT2D eigenvalue weighted by Crippen LogP contribution is -2.11. The summed E-state index contributed by atoms with van der Waals surface area (Å²) in [5, 5.41) is 10.3. The van der Waals surface area contributed by atoms with Gasteiger partial charge >= 0.3 is 0 Å². The van der Waals surface area contributed by atoms with Crippen LogP contribution in [0.2, 0.25) is 0 Å². The van der Waals surface area contributed by atoms with Crippen LogP contribution in [0, 0.1) is 5.92 Å². The molecule has 2 nitrogen and oxygen atoms in total. The average molecular weight is 222 g/mol. The number of hydrogen-bond acceptors (Lipinski definition) is 2. The van der Waals surface area contributed by atoms with E-state index < -0.39 is 0 Å². The van der Waals surface area contributed by atoms with Crippen molar-refractivity contribution < 1.29 is 9.84 Å². The zero-order chi connectivity index (χ0) is 12.0. The van der Waals surface area contributed by atoms with Crippen molar-refractivity contribution in [3.05, 3.63) is 35.4 Å². The fourth-order valence-electron chi connectivity index (χ4n) is 2.03. The van der Waals surface area contributed by atoms with Crippen LogP contribution in [0.25, 0.3) is 0 Å². The molecule has 0 fully saturated rings. The maximum atomic E-state index is 10.3. The summed E-state index contributed by atoms with van der Waals surface area (Å²) >= 11 is 0. The number of aliphatic hydroxyl groups excluding tert-OH is 1. The molecule has 1 aromatic rings. The first-order valence-corrected chi connectivity index (χ1v) is 5.95. The normalized spacial score (nSPS) is 14.8. The summed E-state index contributed by atoms with van der Waals surface area (Å²) in [5.74, 6) is 0.294. The Morgan fingerprint density at radius 2 is 2.00 bits per heavy atom. The number of aliphatic hydroxyl groups is 1. The lowest BCUT2D eigenvalue weighted by Gasteiger charge is -2.21. The minimum atomic E-state index is -0.383. The summed E-state index contributed by atoms with van der Waals surface area (Å²) in [6.07, 6.45) is 1.76. The number of rotatable bonds is 6. The summed E-state index contributed by atoms with van der Waals surface area (Å²) in [6.45, 7) is 4.80. The van der Waals surface area contributed by atoms with Crippen molar-refractivity contribution in [1.82, 2.24) is 0 Å². The van der Waals surface area contributed by atoms with E-state index in [9.17, 15) is 5.11 Å².